The highest BCUT2D eigenvalue weighted by Crippen LogP contribution is 2.23. The van der Waals surface area contributed by atoms with Gasteiger partial charge in [0.15, 0.2) is 0 Å². The van der Waals surface area contributed by atoms with E-state index >= 15 is 0 Å². The molecule has 3 nitrogen and oxygen atoms in total. The fraction of sp³-hybridized carbons (Fsp3) is 0.643. The van der Waals surface area contributed by atoms with Gasteiger partial charge in [0.25, 0.3) is 0 Å². The second kappa shape index (κ2) is 5.50. The predicted octanol–water partition coefficient (Wildman–Crippen LogP) is 2.76. The minimum absolute atomic E-state index is 0.414. The van der Waals surface area contributed by atoms with Crippen LogP contribution in [0.4, 0.5) is 5.82 Å². The molecule has 94 valence electrons. The summed E-state index contributed by atoms with van der Waals surface area (Å²) in [5, 5.41) is 9.60. The lowest BCUT2D eigenvalue weighted by molar-refractivity contribution is 0.199. The molecule has 1 aliphatic heterocycles. The van der Waals surface area contributed by atoms with Crippen LogP contribution in [0.25, 0.3) is 0 Å². The number of aliphatic hydroxyl groups is 1. The van der Waals surface area contributed by atoms with Crippen molar-refractivity contribution in [1.29, 1.82) is 0 Å². The number of aromatic nitrogens is 1. The van der Waals surface area contributed by atoms with Gasteiger partial charge in [0.05, 0.1) is 6.10 Å². The second-order valence-corrected chi connectivity index (χ2v) is 5.15. The molecule has 0 bridgehead atoms. The van der Waals surface area contributed by atoms with Crippen molar-refractivity contribution in [2.45, 2.75) is 39.2 Å². The van der Waals surface area contributed by atoms with E-state index in [-0.39, 0.29) is 0 Å². The normalized spacial score (nSPS) is 23.2. The number of rotatable bonds is 2. The van der Waals surface area contributed by atoms with Gasteiger partial charge in [0.1, 0.15) is 5.82 Å². The average molecular weight is 234 g/mol. The van der Waals surface area contributed by atoms with Crippen molar-refractivity contribution < 1.29 is 5.11 Å². The van der Waals surface area contributed by atoms with Crippen molar-refractivity contribution in [3.05, 3.63) is 23.9 Å². The van der Waals surface area contributed by atoms with Crippen molar-refractivity contribution in [1.82, 2.24) is 4.98 Å². The lowest BCUT2D eigenvalue weighted by Crippen LogP contribution is -2.25. The highest BCUT2D eigenvalue weighted by atomic mass is 16.3. The molecule has 1 N–H and O–H groups in total. The highest BCUT2D eigenvalue weighted by molar-refractivity contribution is 5.41. The first kappa shape index (κ1) is 12.4. The van der Waals surface area contributed by atoms with Crippen molar-refractivity contribution >= 4 is 5.82 Å². The number of hydrogen-bond donors (Lipinski definition) is 1. The smallest absolute Gasteiger partial charge is 0.128 e. The Morgan fingerprint density at radius 3 is 3.00 bits per heavy atom. The Morgan fingerprint density at radius 2 is 2.24 bits per heavy atom. The first-order valence-corrected chi connectivity index (χ1v) is 6.56. The van der Waals surface area contributed by atoms with E-state index in [0.717, 1.165) is 30.4 Å². The monoisotopic (exact) mass is 234 g/mol. The summed E-state index contributed by atoms with van der Waals surface area (Å²) in [6.45, 7) is 6.28. The third-order valence-electron chi connectivity index (χ3n) is 3.59. The van der Waals surface area contributed by atoms with Gasteiger partial charge in [0, 0.05) is 19.3 Å². The van der Waals surface area contributed by atoms with Crippen molar-refractivity contribution in [3.63, 3.8) is 0 Å². The highest BCUT2D eigenvalue weighted by Gasteiger charge is 2.15. The van der Waals surface area contributed by atoms with E-state index in [1.165, 1.54) is 19.3 Å². The van der Waals surface area contributed by atoms with Crippen LogP contribution in [0.2, 0.25) is 0 Å². The van der Waals surface area contributed by atoms with E-state index < -0.39 is 6.10 Å². The van der Waals surface area contributed by atoms with E-state index in [4.69, 9.17) is 0 Å². The minimum Gasteiger partial charge on any atom is -0.389 e. The van der Waals surface area contributed by atoms with E-state index in [9.17, 15) is 5.11 Å². The third kappa shape index (κ3) is 3.19. The Morgan fingerprint density at radius 1 is 1.41 bits per heavy atom. The van der Waals surface area contributed by atoms with Gasteiger partial charge >= 0.3 is 0 Å². The lowest BCUT2D eigenvalue weighted by Gasteiger charge is -2.22. The van der Waals surface area contributed by atoms with Gasteiger partial charge in [-0.3, -0.25) is 0 Å². The number of nitrogens with zero attached hydrogens (tertiary/aromatic N) is 2. The van der Waals surface area contributed by atoms with Crippen LogP contribution in [0, 0.1) is 5.92 Å². The number of hydrogen-bond acceptors (Lipinski definition) is 3. The minimum atomic E-state index is -0.414. The molecule has 2 atom stereocenters. The number of anilines is 1. The molecule has 2 rings (SSSR count). The fourth-order valence-electron chi connectivity index (χ4n) is 2.36. The zero-order valence-corrected chi connectivity index (χ0v) is 10.8. The fourth-order valence-corrected chi connectivity index (χ4v) is 2.36. The van der Waals surface area contributed by atoms with Crippen LogP contribution in [0.3, 0.4) is 0 Å². The molecule has 1 saturated heterocycles. The van der Waals surface area contributed by atoms with Gasteiger partial charge in [-0.1, -0.05) is 6.92 Å². The average Bonchev–Trinajstić information content (AvgIpc) is 2.54. The van der Waals surface area contributed by atoms with Gasteiger partial charge in [0.2, 0.25) is 0 Å². The maximum absolute atomic E-state index is 9.60. The molecule has 0 saturated carbocycles. The molecule has 17 heavy (non-hydrogen) atoms. The number of aliphatic hydroxyl groups excluding tert-OH is 1. The molecule has 2 heterocycles. The second-order valence-electron chi connectivity index (χ2n) is 5.15. The molecule has 3 heteroatoms. The Hall–Kier alpha value is -1.09. The van der Waals surface area contributed by atoms with Crippen LogP contribution in [-0.4, -0.2) is 23.2 Å². The molecular weight excluding hydrogens is 212 g/mol. The molecule has 0 spiro atoms. The zero-order valence-electron chi connectivity index (χ0n) is 10.8. The van der Waals surface area contributed by atoms with Gasteiger partial charge in [-0.05, 0) is 49.8 Å². The molecular formula is C14H22N2O. The Labute approximate surface area is 103 Å². The SMILES string of the molecule is CC1CCCN(c2cc([C@H](C)O)ccn2)CC1. The van der Waals surface area contributed by atoms with Crippen LogP contribution >= 0.6 is 0 Å². The summed E-state index contributed by atoms with van der Waals surface area (Å²) < 4.78 is 0. The van der Waals surface area contributed by atoms with Crippen LogP contribution in [0.1, 0.15) is 44.8 Å². The molecule has 0 amide bonds. The van der Waals surface area contributed by atoms with Crippen LogP contribution in [0.5, 0.6) is 0 Å². The van der Waals surface area contributed by atoms with Crippen molar-refractivity contribution in [2.24, 2.45) is 5.92 Å². The molecule has 0 radical (unpaired) electrons. The van der Waals surface area contributed by atoms with Gasteiger partial charge < -0.3 is 10.0 Å². The van der Waals surface area contributed by atoms with Crippen molar-refractivity contribution in [3.8, 4) is 0 Å². The van der Waals surface area contributed by atoms with Crippen molar-refractivity contribution in [2.75, 3.05) is 18.0 Å². The first-order chi connectivity index (χ1) is 8.16. The van der Waals surface area contributed by atoms with Crippen LogP contribution in [-0.2, 0) is 0 Å². The summed E-state index contributed by atoms with van der Waals surface area (Å²) in [6.07, 6.45) is 5.17. The molecule has 1 aromatic heterocycles. The Bertz CT molecular complexity index is 365. The van der Waals surface area contributed by atoms with Gasteiger partial charge in [-0.15, -0.1) is 0 Å². The molecule has 1 aliphatic rings. The maximum atomic E-state index is 9.60. The summed E-state index contributed by atoms with van der Waals surface area (Å²) in [4.78, 5) is 6.77. The Kier molecular flexibility index (Phi) is 4.00. The first-order valence-electron chi connectivity index (χ1n) is 6.56. The van der Waals surface area contributed by atoms with E-state index in [1.54, 1.807) is 13.1 Å². The maximum Gasteiger partial charge on any atom is 0.128 e. The van der Waals surface area contributed by atoms with E-state index in [1.807, 2.05) is 12.1 Å². The largest absolute Gasteiger partial charge is 0.389 e. The summed E-state index contributed by atoms with van der Waals surface area (Å²) in [5.74, 6) is 1.83. The van der Waals surface area contributed by atoms with E-state index in [2.05, 4.69) is 16.8 Å². The molecule has 1 aromatic rings. The summed E-state index contributed by atoms with van der Waals surface area (Å²) in [5.41, 5.74) is 0.951. The van der Waals surface area contributed by atoms with Gasteiger partial charge in [-0.25, -0.2) is 4.98 Å². The summed E-state index contributed by atoms with van der Waals surface area (Å²) in [7, 11) is 0. The van der Waals surface area contributed by atoms with E-state index in [0.29, 0.717) is 0 Å². The molecule has 1 unspecified atom stereocenters. The molecule has 0 aromatic carbocycles. The zero-order chi connectivity index (χ0) is 12.3. The van der Waals surface area contributed by atoms with Crippen LogP contribution < -0.4 is 4.90 Å². The molecule has 0 aliphatic carbocycles. The summed E-state index contributed by atoms with van der Waals surface area (Å²) >= 11 is 0. The van der Waals surface area contributed by atoms with Gasteiger partial charge in [-0.2, -0.15) is 0 Å². The topological polar surface area (TPSA) is 36.4 Å². The lowest BCUT2D eigenvalue weighted by atomic mass is 10.0. The quantitative estimate of drug-likeness (QED) is 0.854. The Balaban J connectivity index is 2.13. The predicted molar refractivity (Wildman–Crippen MR) is 70.1 cm³/mol. The molecule has 1 fully saturated rings. The third-order valence-corrected chi connectivity index (χ3v) is 3.59. The standard InChI is InChI=1S/C14H22N2O/c1-11-4-3-8-16(9-6-11)14-10-13(12(2)17)5-7-15-14/h5,7,10-12,17H,3-4,6,8-9H2,1-2H3/t11?,12-/m0/s1. The van der Waals surface area contributed by atoms with Crippen LogP contribution in [0.15, 0.2) is 18.3 Å². The number of pyridine rings is 1. The summed E-state index contributed by atoms with van der Waals surface area (Å²) in [6, 6.07) is 3.90.